The average Bonchev–Trinajstić information content (AvgIpc) is 1.95. The van der Waals surface area contributed by atoms with Crippen LogP contribution in [0.5, 0.6) is 11.5 Å². The molecule has 11 heavy (non-hydrogen) atoms. The molecule has 0 spiro atoms. The summed E-state index contributed by atoms with van der Waals surface area (Å²) in [6, 6.07) is 5.72. The number of hydrogen-bond acceptors (Lipinski definition) is 3. The molecule has 1 aromatic rings. The molecule has 0 radical (unpaired) electrons. The monoisotopic (exact) mass is 143 g/mol. The van der Waals surface area contributed by atoms with Gasteiger partial charge in [0.05, 0.1) is 11.6 Å². The maximum atomic E-state index is 8.83. The molecule has 0 heterocycles. The Kier molecular flexibility index (Phi) is 3.54. The first-order chi connectivity index (χ1) is 4.74. The molecule has 4 heteroatoms. The molecule has 0 fully saturated rings. The minimum absolute atomic E-state index is 0. The van der Waals surface area contributed by atoms with E-state index in [9.17, 15) is 0 Å². The van der Waals surface area contributed by atoms with Crippen molar-refractivity contribution in [2.75, 3.05) is 0 Å². The van der Waals surface area contributed by atoms with Crippen molar-refractivity contribution in [1.82, 2.24) is 0 Å². The van der Waals surface area contributed by atoms with Crippen molar-refractivity contribution in [3.63, 3.8) is 0 Å². The smallest absolute Gasteiger partial charge is 1.00 e. The first kappa shape index (κ1) is 9.91. The van der Waals surface area contributed by atoms with E-state index in [2.05, 4.69) is 0 Å². The van der Waals surface area contributed by atoms with Crippen LogP contribution in [0, 0.1) is 11.3 Å². The van der Waals surface area contributed by atoms with Gasteiger partial charge in [0, 0.05) is 6.07 Å². The van der Waals surface area contributed by atoms with E-state index in [1.807, 2.05) is 6.07 Å². The van der Waals surface area contributed by atoms with Crippen molar-refractivity contribution in [1.29, 1.82) is 5.26 Å². The molecule has 0 unspecified atom stereocenters. The predicted molar refractivity (Wildman–Crippen MR) is 35.6 cm³/mol. The van der Waals surface area contributed by atoms with Crippen LogP contribution in [0.2, 0.25) is 0 Å². The molecule has 0 aliphatic rings. The average molecular weight is 143 g/mol. The number of phenolic OH excluding ortho intramolecular Hbond substituents is 2. The second kappa shape index (κ2) is 3.93. The molecule has 0 aliphatic heterocycles. The van der Waals surface area contributed by atoms with E-state index >= 15 is 0 Å². The van der Waals surface area contributed by atoms with Crippen molar-refractivity contribution in [2.45, 2.75) is 0 Å². The van der Waals surface area contributed by atoms with Gasteiger partial charge < -0.3 is 11.6 Å². The summed E-state index contributed by atoms with van der Waals surface area (Å²) in [4.78, 5) is 0. The van der Waals surface area contributed by atoms with Gasteiger partial charge in [-0.2, -0.15) is 5.26 Å². The third-order valence-electron chi connectivity index (χ3n) is 1.10. The Balaban J connectivity index is 0. The predicted octanol–water partition coefficient (Wildman–Crippen LogP) is -1.91. The summed E-state index contributed by atoms with van der Waals surface area (Å²) in [5, 5.41) is 25.9. The zero-order valence-electron chi connectivity index (χ0n) is 7.07. The second-order valence-corrected chi connectivity index (χ2v) is 1.82. The molecule has 0 aliphatic carbocycles. The number of hydrogen-bond donors (Lipinski definition) is 2. The van der Waals surface area contributed by atoms with E-state index in [0.29, 0.717) is 5.56 Å². The van der Waals surface area contributed by atoms with Crippen LogP contribution in [0.15, 0.2) is 18.2 Å². The number of rotatable bonds is 0. The van der Waals surface area contributed by atoms with E-state index in [1.54, 1.807) is 0 Å². The van der Waals surface area contributed by atoms with Gasteiger partial charge in [0.1, 0.15) is 0 Å². The van der Waals surface area contributed by atoms with Gasteiger partial charge in [-0.15, -0.1) is 0 Å². The minimum atomic E-state index is -0.265. The zero-order valence-corrected chi connectivity index (χ0v) is 6.07. The first-order valence-electron chi connectivity index (χ1n) is 2.66. The fourth-order valence-electron chi connectivity index (χ4n) is 0.593. The number of benzene rings is 1. The van der Waals surface area contributed by atoms with Crippen LogP contribution in [0.1, 0.15) is 6.99 Å². The van der Waals surface area contributed by atoms with Gasteiger partial charge in [-0.3, -0.25) is 0 Å². The number of nitriles is 1. The molecule has 0 aromatic heterocycles. The second-order valence-electron chi connectivity index (χ2n) is 1.82. The van der Waals surface area contributed by atoms with Crippen molar-refractivity contribution < 1.29 is 30.5 Å². The quantitative estimate of drug-likeness (QED) is 0.329. The molecule has 52 valence electrons. The van der Waals surface area contributed by atoms with E-state index in [0.717, 1.165) is 0 Å². The molecule has 2 N–H and O–H groups in total. The Morgan fingerprint density at radius 2 is 1.91 bits per heavy atom. The molecule has 3 nitrogen and oxygen atoms in total. The van der Waals surface area contributed by atoms with Crippen molar-refractivity contribution >= 4 is 0 Å². The summed E-state index contributed by atoms with van der Waals surface area (Å²) in [6.45, 7) is 0. The number of nitrogens with zero attached hydrogens (tertiary/aromatic N) is 1. The van der Waals surface area contributed by atoms with Crippen LogP contribution in [0.4, 0.5) is 0 Å². The van der Waals surface area contributed by atoms with Gasteiger partial charge in [-0.05, 0) is 12.1 Å². The molecule has 0 atom stereocenters. The Morgan fingerprint density at radius 1 is 1.27 bits per heavy atom. The molecular weight excluding hydrogens is 137 g/mol. The van der Waals surface area contributed by atoms with Crippen LogP contribution in [0.25, 0.3) is 0 Å². The van der Waals surface area contributed by atoms with Crippen LogP contribution >= 0.6 is 0 Å². The van der Waals surface area contributed by atoms with E-state index in [4.69, 9.17) is 15.5 Å². The molecule has 1 aromatic carbocycles. The molecule has 0 saturated heterocycles. The van der Waals surface area contributed by atoms with Crippen LogP contribution in [0.3, 0.4) is 0 Å². The van der Waals surface area contributed by atoms with E-state index in [1.165, 1.54) is 18.2 Å². The summed E-state index contributed by atoms with van der Waals surface area (Å²) in [5.41, 5.74) is 0.329. The molecule has 0 bridgehead atoms. The van der Waals surface area contributed by atoms with E-state index in [-0.39, 0.29) is 31.8 Å². The van der Waals surface area contributed by atoms with Crippen molar-refractivity contribution in [2.24, 2.45) is 0 Å². The Morgan fingerprint density at radius 3 is 2.36 bits per heavy atom. The largest absolute Gasteiger partial charge is 1.00 e. The maximum Gasteiger partial charge on any atom is 1.00 e. The zero-order chi connectivity index (χ0) is 7.56. The summed E-state index contributed by atoms with van der Waals surface area (Å²) >= 11 is 0. The van der Waals surface area contributed by atoms with E-state index < -0.39 is 0 Å². The fourth-order valence-corrected chi connectivity index (χ4v) is 0.593. The summed E-state index contributed by atoms with van der Waals surface area (Å²) in [6.07, 6.45) is 0. The molecular formula is C7H6LiNO2. The Hall–Kier alpha value is -1.09. The van der Waals surface area contributed by atoms with Gasteiger partial charge in [0.2, 0.25) is 0 Å². The SMILES string of the molecule is N#Cc1ccc(O)c(O)c1.[H-].[Li+]. The third kappa shape index (κ3) is 2.20. The van der Waals surface area contributed by atoms with Crippen LogP contribution in [-0.2, 0) is 0 Å². The normalized spacial score (nSPS) is 7.91. The van der Waals surface area contributed by atoms with Gasteiger partial charge in [0.25, 0.3) is 0 Å². The maximum absolute atomic E-state index is 8.83. The summed E-state index contributed by atoms with van der Waals surface area (Å²) in [5.74, 6) is -0.474. The first-order valence-corrected chi connectivity index (χ1v) is 2.66. The van der Waals surface area contributed by atoms with Crippen molar-refractivity contribution in [3.8, 4) is 17.6 Å². The van der Waals surface area contributed by atoms with Gasteiger partial charge in [-0.1, -0.05) is 0 Å². The van der Waals surface area contributed by atoms with Crippen LogP contribution in [-0.4, -0.2) is 10.2 Å². The fraction of sp³-hybridized carbons (Fsp3) is 0. The topological polar surface area (TPSA) is 64.2 Å². The summed E-state index contributed by atoms with van der Waals surface area (Å²) in [7, 11) is 0. The molecule has 0 saturated carbocycles. The van der Waals surface area contributed by atoms with Gasteiger partial charge >= 0.3 is 18.9 Å². The van der Waals surface area contributed by atoms with Crippen molar-refractivity contribution in [3.05, 3.63) is 23.8 Å². The third-order valence-corrected chi connectivity index (χ3v) is 1.10. The Labute approximate surface area is 77.6 Å². The minimum Gasteiger partial charge on any atom is -1.00 e. The van der Waals surface area contributed by atoms with Gasteiger partial charge in [0.15, 0.2) is 11.5 Å². The Bertz CT molecular complexity index is 298. The number of phenols is 2. The number of aromatic hydroxyl groups is 2. The molecule has 1 rings (SSSR count). The van der Waals surface area contributed by atoms with Gasteiger partial charge in [-0.25, -0.2) is 0 Å². The molecule has 0 amide bonds. The standard InChI is InChI=1S/C7H5NO2.Li.H/c8-4-5-1-2-6(9)7(10)3-5;;/h1-3,9-10H;;/q;+1;-1. The summed E-state index contributed by atoms with van der Waals surface area (Å²) < 4.78 is 0. The van der Waals surface area contributed by atoms with Crippen LogP contribution < -0.4 is 18.9 Å².